The zero-order valence-electron chi connectivity index (χ0n) is 13.2. The Balaban J connectivity index is 1.67. The van der Waals surface area contributed by atoms with E-state index in [0.29, 0.717) is 31.5 Å². The number of para-hydroxylation sites is 2. The number of benzene rings is 2. The van der Waals surface area contributed by atoms with Crippen LogP contribution in [0.25, 0.3) is 0 Å². The number of hydrogen-bond acceptors (Lipinski definition) is 2. The van der Waals surface area contributed by atoms with Crippen molar-refractivity contribution in [2.24, 2.45) is 0 Å². The fourth-order valence-electron chi connectivity index (χ4n) is 2.21. The maximum absolute atomic E-state index is 5.41. The first kappa shape index (κ1) is 17.5. The van der Waals surface area contributed by atoms with E-state index in [4.69, 9.17) is 9.47 Å². The first-order chi connectivity index (χ1) is 10.8. The molecule has 0 amide bonds. The van der Waals surface area contributed by atoms with E-state index in [1.165, 1.54) is 32.0 Å². The Morgan fingerprint density at radius 3 is 1.50 bits per heavy atom. The molecule has 0 heterocycles. The van der Waals surface area contributed by atoms with Crippen molar-refractivity contribution in [3.8, 4) is 11.5 Å². The molecule has 0 aromatic heterocycles. The Labute approximate surface area is 147 Å². The molecular formula is C18H22As2O2. The molecule has 116 valence electrons. The van der Waals surface area contributed by atoms with Crippen LogP contribution in [0.3, 0.4) is 0 Å². The average Bonchev–Trinajstić information content (AvgIpc) is 2.58. The van der Waals surface area contributed by atoms with Crippen LogP contribution in [0.4, 0.5) is 0 Å². The summed E-state index contributed by atoms with van der Waals surface area (Å²) in [5.74, 6) is 2.08. The molecular weight excluding hydrogens is 398 g/mol. The third-order valence-electron chi connectivity index (χ3n) is 3.37. The van der Waals surface area contributed by atoms with Crippen LogP contribution in [0.2, 0.25) is 10.4 Å². The van der Waals surface area contributed by atoms with Gasteiger partial charge in [0.15, 0.2) is 0 Å². The van der Waals surface area contributed by atoms with Crippen LogP contribution in [0, 0.1) is 0 Å². The van der Waals surface area contributed by atoms with Gasteiger partial charge in [0, 0.05) is 0 Å². The van der Waals surface area contributed by atoms with E-state index >= 15 is 0 Å². The van der Waals surface area contributed by atoms with Gasteiger partial charge in [-0.2, -0.15) is 0 Å². The molecule has 0 saturated carbocycles. The summed E-state index contributed by atoms with van der Waals surface area (Å²) in [4.78, 5) is 0. The molecule has 0 N–H and O–H groups in total. The van der Waals surface area contributed by atoms with Crippen molar-refractivity contribution in [1.29, 1.82) is 0 Å². The SMILES string of the molecule is COc1ccccc1C[As]CC[As]Cc1ccccc1OC. The molecule has 0 aliphatic heterocycles. The Morgan fingerprint density at radius 2 is 1.09 bits per heavy atom. The second kappa shape index (κ2) is 10.0. The van der Waals surface area contributed by atoms with Gasteiger partial charge in [0.05, 0.1) is 0 Å². The Kier molecular flexibility index (Phi) is 7.98. The second-order valence-electron chi connectivity index (χ2n) is 4.83. The van der Waals surface area contributed by atoms with E-state index in [-0.39, 0.29) is 0 Å². The van der Waals surface area contributed by atoms with Crippen molar-refractivity contribution >= 4 is 31.5 Å². The van der Waals surface area contributed by atoms with Crippen LogP contribution in [-0.4, -0.2) is 45.7 Å². The zero-order valence-corrected chi connectivity index (χ0v) is 16.9. The van der Waals surface area contributed by atoms with Gasteiger partial charge in [-0.05, 0) is 0 Å². The van der Waals surface area contributed by atoms with Gasteiger partial charge in [0.1, 0.15) is 0 Å². The molecule has 0 aliphatic rings. The summed E-state index contributed by atoms with van der Waals surface area (Å²) in [7, 11) is 3.51. The molecule has 2 radical (unpaired) electrons. The van der Waals surface area contributed by atoms with Gasteiger partial charge in [-0.1, -0.05) is 0 Å². The van der Waals surface area contributed by atoms with E-state index < -0.39 is 0 Å². The molecule has 0 unspecified atom stereocenters. The van der Waals surface area contributed by atoms with Crippen molar-refractivity contribution in [2.75, 3.05) is 14.2 Å². The van der Waals surface area contributed by atoms with Gasteiger partial charge in [-0.25, -0.2) is 0 Å². The molecule has 0 bridgehead atoms. The van der Waals surface area contributed by atoms with Crippen LogP contribution < -0.4 is 9.47 Å². The van der Waals surface area contributed by atoms with Crippen LogP contribution in [-0.2, 0) is 10.4 Å². The van der Waals surface area contributed by atoms with Crippen LogP contribution in [0.15, 0.2) is 48.5 Å². The average molecular weight is 420 g/mol. The van der Waals surface area contributed by atoms with Gasteiger partial charge in [0.2, 0.25) is 0 Å². The van der Waals surface area contributed by atoms with Gasteiger partial charge in [-0.3, -0.25) is 0 Å². The number of ether oxygens (including phenoxy) is 2. The number of methoxy groups -OCH3 is 2. The standard InChI is InChI=1S/C18H22As2O2/c1-21-17-9-5-3-7-15(17)13-19-11-12-20-14-16-8-4-6-10-18(16)22-2/h3-10H,11-14H2,1-2H3. The van der Waals surface area contributed by atoms with Crippen molar-refractivity contribution in [2.45, 2.75) is 20.8 Å². The summed E-state index contributed by atoms with van der Waals surface area (Å²) >= 11 is 0.777. The monoisotopic (exact) mass is 420 g/mol. The quantitative estimate of drug-likeness (QED) is 0.456. The summed E-state index contributed by atoms with van der Waals surface area (Å²) in [5, 5.41) is 5.19. The van der Waals surface area contributed by atoms with E-state index in [0.717, 1.165) is 11.5 Å². The first-order valence-corrected chi connectivity index (χ1v) is 12.7. The van der Waals surface area contributed by atoms with E-state index in [2.05, 4.69) is 36.4 Å². The van der Waals surface area contributed by atoms with Crippen molar-refractivity contribution in [3.63, 3.8) is 0 Å². The minimum atomic E-state index is 0.388. The molecule has 2 aromatic rings. The topological polar surface area (TPSA) is 18.5 Å². The van der Waals surface area contributed by atoms with Crippen LogP contribution in [0.5, 0.6) is 11.5 Å². The van der Waals surface area contributed by atoms with E-state index in [1.807, 2.05) is 12.1 Å². The summed E-state index contributed by atoms with van der Waals surface area (Å²) in [6.07, 6.45) is 0. The molecule has 2 aromatic carbocycles. The number of hydrogen-bond donors (Lipinski definition) is 0. The van der Waals surface area contributed by atoms with Gasteiger partial charge in [0.25, 0.3) is 0 Å². The summed E-state index contributed by atoms with van der Waals surface area (Å²) in [6, 6.07) is 16.8. The van der Waals surface area contributed by atoms with Crippen molar-refractivity contribution in [1.82, 2.24) is 0 Å². The Hall–Kier alpha value is -0.843. The van der Waals surface area contributed by atoms with Crippen LogP contribution in [0.1, 0.15) is 11.1 Å². The summed E-state index contributed by atoms with van der Waals surface area (Å²) < 4.78 is 10.8. The van der Waals surface area contributed by atoms with Crippen molar-refractivity contribution < 1.29 is 9.47 Å². The zero-order chi connectivity index (χ0) is 15.6. The van der Waals surface area contributed by atoms with Gasteiger partial charge < -0.3 is 0 Å². The van der Waals surface area contributed by atoms with Crippen LogP contribution >= 0.6 is 0 Å². The summed E-state index contributed by atoms with van der Waals surface area (Å²) in [6.45, 7) is 0. The molecule has 0 fully saturated rings. The predicted octanol–water partition coefficient (Wildman–Crippen LogP) is 3.65. The molecule has 0 spiro atoms. The third kappa shape index (κ3) is 5.41. The van der Waals surface area contributed by atoms with E-state index in [9.17, 15) is 0 Å². The molecule has 0 aliphatic carbocycles. The fourth-order valence-corrected chi connectivity index (χ4v) is 8.66. The fraction of sp³-hybridized carbons (Fsp3) is 0.333. The van der Waals surface area contributed by atoms with Gasteiger partial charge in [-0.15, -0.1) is 0 Å². The normalized spacial score (nSPS) is 11.5. The maximum atomic E-state index is 5.41. The third-order valence-corrected chi connectivity index (χ3v) is 9.66. The molecule has 22 heavy (non-hydrogen) atoms. The second-order valence-corrected chi connectivity index (χ2v) is 9.91. The Morgan fingerprint density at radius 1 is 0.682 bits per heavy atom. The molecule has 4 heteroatoms. The Bertz CT molecular complexity index is 521. The van der Waals surface area contributed by atoms with Gasteiger partial charge >= 0.3 is 147 Å². The molecule has 0 saturated heterocycles. The van der Waals surface area contributed by atoms with Crippen molar-refractivity contribution in [3.05, 3.63) is 59.7 Å². The van der Waals surface area contributed by atoms with E-state index in [1.54, 1.807) is 14.2 Å². The first-order valence-electron chi connectivity index (χ1n) is 7.35. The summed E-state index contributed by atoms with van der Waals surface area (Å²) in [5.41, 5.74) is 2.73. The minimum absolute atomic E-state index is 0.388. The predicted molar refractivity (Wildman–Crippen MR) is 94.5 cm³/mol. The number of rotatable bonds is 9. The molecule has 0 atom stereocenters. The molecule has 2 nitrogen and oxygen atoms in total. The molecule has 2 rings (SSSR count).